The van der Waals surface area contributed by atoms with E-state index in [0.29, 0.717) is 5.92 Å². The van der Waals surface area contributed by atoms with Crippen LogP contribution in [-0.4, -0.2) is 12.6 Å². The zero-order chi connectivity index (χ0) is 14.7. The second kappa shape index (κ2) is 6.50. The van der Waals surface area contributed by atoms with Gasteiger partial charge in [-0.05, 0) is 54.5 Å². The number of para-hydroxylation sites is 1. The molecule has 0 saturated carbocycles. The molecule has 1 heterocycles. The van der Waals surface area contributed by atoms with Crippen molar-refractivity contribution >= 4 is 11.6 Å². The summed E-state index contributed by atoms with van der Waals surface area (Å²) in [4.78, 5) is 0. The molecule has 0 amide bonds. The maximum Gasteiger partial charge on any atom is 0.122 e. The highest BCUT2D eigenvalue weighted by molar-refractivity contribution is 6.30. The average Bonchev–Trinajstić information content (AvgIpc) is 2.47. The highest BCUT2D eigenvalue weighted by atomic mass is 35.5. The molecule has 3 heteroatoms. The van der Waals surface area contributed by atoms with E-state index in [0.717, 1.165) is 36.6 Å². The van der Waals surface area contributed by atoms with Crippen LogP contribution in [0.5, 0.6) is 5.75 Å². The van der Waals surface area contributed by atoms with Crippen LogP contribution >= 0.6 is 11.6 Å². The quantitative estimate of drug-likeness (QED) is 0.920. The summed E-state index contributed by atoms with van der Waals surface area (Å²) in [5, 5.41) is 0.774. The Kier molecular flexibility index (Phi) is 4.47. The van der Waals surface area contributed by atoms with E-state index in [1.807, 2.05) is 30.3 Å². The molecule has 2 unspecified atom stereocenters. The van der Waals surface area contributed by atoms with Crippen molar-refractivity contribution in [3.05, 3.63) is 64.7 Å². The van der Waals surface area contributed by atoms with Crippen LogP contribution in [0.25, 0.3) is 0 Å². The van der Waals surface area contributed by atoms with Crippen LogP contribution < -0.4 is 10.5 Å². The van der Waals surface area contributed by atoms with Crippen LogP contribution in [0.1, 0.15) is 29.9 Å². The van der Waals surface area contributed by atoms with E-state index in [1.54, 1.807) is 0 Å². The first-order chi connectivity index (χ1) is 10.2. The Hall–Kier alpha value is -1.51. The Labute approximate surface area is 130 Å². The first kappa shape index (κ1) is 14.4. The lowest BCUT2D eigenvalue weighted by atomic mass is 9.86. The van der Waals surface area contributed by atoms with E-state index < -0.39 is 0 Å². The zero-order valence-corrected chi connectivity index (χ0v) is 12.7. The molecule has 0 aliphatic carbocycles. The minimum absolute atomic E-state index is 0.139. The van der Waals surface area contributed by atoms with Gasteiger partial charge in [-0.1, -0.05) is 41.9 Å². The van der Waals surface area contributed by atoms with Gasteiger partial charge < -0.3 is 10.5 Å². The van der Waals surface area contributed by atoms with Gasteiger partial charge >= 0.3 is 0 Å². The minimum Gasteiger partial charge on any atom is -0.493 e. The Morgan fingerprint density at radius 1 is 1.19 bits per heavy atom. The molecule has 2 aromatic rings. The molecule has 0 saturated heterocycles. The van der Waals surface area contributed by atoms with Gasteiger partial charge in [0.2, 0.25) is 0 Å². The fraction of sp³-hybridized carbons (Fsp3) is 0.333. The molecule has 2 N–H and O–H groups in total. The molecule has 21 heavy (non-hydrogen) atoms. The van der Waals surface area contributed by atoms with Crippen molar-refractivity contribution in [1.29, 1.82) is 0 Å². The van der Waals surface area contributed by atoms with Crippen LogP contribution in [-0.2, 0) is 6.42 Å². The topological polar surface area (TPSA) is 35.2 Å². The van der Waals surface area contributed by atoms with Crippen LogP contribution in [0.4, 0.5) is 0 Å². The van der Waals surface area contributed by atoms with Crippen molar-refractivity contribution in [1.82, 2.24) is 0 Å². The van der Waals surface area contributed by atoms with Gasteiger partial charge in [0.15, 0.2) is 0 Å². The van der Waals surface area contributed by atoms with Crippen molar-refractivity contribution in [2.75, 3.05) is 6.61 Å². The number of hydrogen-bond donors (Lipinski definition) is 1. The summed E-state index contributed by atoms with van der Waals surface area (Å²) >= 11 is 6.03. The van der Waals surface area contributed by atoms with Gasteiger partial charge in [-0.3, -0.25) is 0 Å². The molecule has 2 aromatic carbocycles. The van der Waals surface area contributed by atoms with Crippen LogP contribution in [0, 0.1) is 0 Å². The lowest BCUT2D eigenvalue weighted by Crippen LogP contribution is -2.27. The number of rotatable bonds is 4. The highest BCUT2D eigenvalue weighted by Gasteiger charge is 2.23. The van der Waals surface area contributed by atoms with E-state index in [2.05, 4.69) is 18.2 Å². The van der Waals surface area contributed by atoms with E-state index >= 15 is 0 Å². The summed E-state index contributed by atoms with van der Waals surface area (Å²) < 4.78 is 5.71. The van der Waals surface area contributed by atoms with Crippen molar-refractivity contribution in [2.24, 2.45) is 5.73 Å². The molecule has 0 spiro atoms. The Bertz CT molecular complexity index is 614. The van der Waals surface area contributed by atoms with Gasteiger partial charge in [-0.25, -0.2) is 0 Å². The summed E-state index contributed by atoms with van der Waals surface area (Å²) in [6, 6.07) is 16.4. The maximum atomic E-state index is 6.36. The molecule has 0 radical (unpaired) electrons. The SMILES string of the molecule is NC(Cc1cccc(Cl)c1)CC1CCOc2ccccc21. The molecular weight excluding hydrogens is 282 g/mol. The third kappa shape index (κ3) is 3.58. The second-order valence-corrected chi connectivity index (χ2v) is 6.14. The Balaban J connectivity index is 1.67. The molecule has 110 valence electrons. The Morgan fingerprint density at radius 2 is 2.05 bits per heavy atom. The second-order valence-electron chi connectivity index (χ2n) is 5.70. The molecule has 1 aliphatic rings. The van der Waals surface area contributed by atoms with Gasteiger partial charge in [-0.2, -0.15) is 0 Å². The predicted octanol–water partition coefficient (Wildman–Crippen LogP) is 4.17. The first-order valence-corrected chi connectivity index (χ1v) is 7.82. The molecule has 1 aliphatic heterocycles. The summed E-state index contributed by atoms with van der Waals surface area (Å²) in [7, 11) is 0. The van der Waals surface area contributed by atoms with Gasteiger partial charge in [0.1, 0.15) is 5.75 Å². The van der Waals surface area contributed by atoms with E-state index in [1.165, 1.54) is 11.1 Å². The largest absolute Gasteiger partial charge is 0.493 e. The fourth-order valence-corrected chi connectivity index (χ4v) is 3.29. The number of benzene rings is 2. The average molecular weight is 302 g/mol. The van der Waals surface area contributed by atoms with E-state index in [4.69, 9.17) is 22.1 Å². The molecule has 2 atom stereocenters. The summed E-state index contributed by atoms with van der Waals surface area (Å²) in [6.07, 6.45) is 2.88. The highest BCUT2D eigenvalue weighted by Crippen LogP contribution is 2.36. The lowest BCUT2D eigenvalue weighted by Gasteiger charge is -2.28. The third-order valence-corrected chi connectivity index (χ3v) is 4.29. The fourth-order valence-electron chi connectivity index (χ4n) is 3.08. The summed E-state index contributed by atoms with van der Waals surface area (Å²) in [6.45, 7) is 0.783. The van der Waals surface area contributed by atoms with Crippen LogP contribution in [0.15, 0.2) is 48.5 Å². The third-order valence-electron chi connectivity index (χ3n) is 4.06. The van der Waals surface area contributed by atoms with Gasteiger partial charge in [0.25, 0.3) is 0 Å². The molecule has 0 fully saturated rings. The maximum absolute atomic E-state index is 6.36. The van der Waals surface area contributed by atoms with E-state index in [-0.39, 0.29) is 6.04 Å². The van der Waals surface area contributed by atoms with Crippen molar-refractivity contribution in [2.45, 2.75) is 31.2 Å². The smallest absolute Gasteiger partial charge is 0.122 e. The van der Waals surface area contributed by atoms with Gasteiger partial charge in [0, 0.05) is 11.1 Å². The van der Waals surface area contributed by atoms with E-state index in [9.17, 15) is 0 Å². The number of ether oxygens (including phenoxy) is 1. The standard InChI is InChI=1S/C18H20ClNO/c19-15-5-3-4-13(10-15)11-16(20)12-14-8-9-21-18-7-2-1-6-17(14)18/h1-7,10,14,16H,8-9,11-12,20H2. The van der Waals surface area contributed by atoms with Crippen LogP contribution in [0.3, 0.4) is 0 Å². The minimum atomic E-state index is 0.139. The van der Waals surface area contributed by atoms with Crippen molar-refractivity contribution < 1.29 is 4.74 Å². The summed E-state index contributed by atoms with van der Waals surface area (Å²) in [5.41, 5.74) is 8.86. The van der Waals surface area contributed by atoms with Crippen LogP contribution in [0.2, 0.25) is 5.02 Å². The summed E-state index contributed by atoms with van der Waals surface area (Å²) in [5.74, 6) is 1.51. The Morgan fingerprint density at radius 3 is 2.90 bits per heavy atom. The molecule has 3 rings (SSSR count). The number of nitrogens with two attached hydrogens (primary N) is 1. The number of hydrogen-bond acceptors (Lipinski definition) is 2. The lowest BCUT2D eigenvalue weighted by molar-refractivity contribution is 0.259. The molecule has 0 aromatic heterocycles. The predicted molar refractivity (Wildman–Crippen MR) is 87.0 cm³/mol. The van der Waals surface area contributed by atoms with Crippen molar-refractivity contribution in [3.8, 4) is 5.75 Å². The number of fused-ring (bicyclic) bond motifs is 1. The molecular formula is C18H20ClNO. The van der Waals surface area contributed by atoms with Crippen molar-refractivity contribution in [3.63, 3.8) is 0 Å². The molecule has 0 bridgehead atoms. The number of halogens is 1. The molecule has 2 nitrogen and oxygen atoms in total. The normalized spacial score (nSPS) is 18.7. The first-order valence-electron chi connectivity index (χ1n) is 7.44. The zero-order valence-electron chi connectivity index (χ0n) is 12.0. The van der Waals surface area contributed by atoms with Gasteiger partial charge in [0.05, 0.1) is 6.61 Å². The monoisotopic (exact) mass is 301 g/mol. The van der Waals surface area contributed by atoms with Gasteiger partial charge in [-0.15, -0.1) is 0 Å².